The Morgan fingerprint density at radius 3 is 1.44 bits per heavy atom. The third-order valence-electron chi connectivity index (χ3n) is 4.35. The molecule has 2 heterocycles. The minimum atomic E-state index is -0.191. The molecule has 2 aromatic carbocycles. The Kier molecular flexibility index (Phi) is 7.67. The molecule has 172 valence electrons. The van der Waals surface area contributed by atoms with E-state index in [4.69, 9.17) is 0 Å². The molecule has 4 N–H and O–H groups in total. The Balaban J connectivity index is 1.27. The van der Waals surface area contributed by atoms with Crippen molar-refractivity contribution in [3.05, 3.63) is 72.1 Å². The number of aromatic amines is 2. The summed E-state index contributed by atoms with van der Waals surface area (Å²) in [5, 5.41) is 26.9. The summed E-state index contributed by atoms with van der Waals surface area (Å²) >= 11 is 2.52. The normalized spacial score (nSPS) is 10.6. The molecule has 0 fully saturated rings. The van der Waals surface area contributed by atoms with Gasteiger partial charge in [-0.15, -0.1) is 10.2 Å². The van der Waals surface area contributed by atoms with Gasteiger partial charge >= 0.3 is 0 Å². The van der Waals surface area contributed by atoms with Crippen LogP contribution in [0, 0.1) is 0 Å². The van der Waals surface area contributed by atoms with Crippen LogP contribution in [0.4, 0.5) is 11.4 Å². The molecule has 2 amide bonds. The molecular weight excluding hydrogens is 476 g/mol. The molecule has 0 aliphatic rings. The maximum Gasteiger partial charge on any atom is 0.234 e. The van der Waals surface area contributed by atoms with Gasteiger partial charge in [0.15, 0.2) is 5.78 Å². The fraction of sp³-hybridized carbons (Fsp3) is 0.0952. The lowest BCUT2D eigenvalue weighted by Crippen LogP contribution is -2.14. The van der Waals surface area contributed by atoms with E-state index < -0.39 is 0 Å². The summed E-state index contributed by atoms with van der Waals surface area (Å²) < 4.78 is 0. The molecule has 4 rings (SSSR count). The van der Waals surface area contributed by atoms with E-state index >= 15 is 0 Å². The number of hydrogen-bond donors (Lipinski definition) is 4. The number of anilines is 2. The Bertz CT molecular complexity index is 1150. The number of hydrogen-bond acceptors (Lipinski definition) is 9. The molecule has 11 nitrogen and oxygen atoms in total. The molecule has 0 bridgehead atoms. The predicted octanol–water partition coefficient (Wildman–Crippen LogP) is 2.62. The van der Waals surface area contributed by atoms with Crippen LogP contribution in [-0.4, -0.2) is 59.9 Å². The second kappa shape index (κ2) is 11.2. The summed E-state index contributed by atoms with van der Waals surface area (Å²) in [6, 6.07) is 13.3. The average molecular weight is 495 g/mol. The van der Waals surface area contributed by atoms with Crippen molar-refractivity contribution in [1.82, 2.24) is 30.8 Å². The fourth-order valence-electron chi connectivity index (χ4n) is 2.77. The van der Waals surface area contributed by atoms with Crippen LogP contribution in [0.1, 0.15) is 15.9 Å². The molecule has 0 unspecified atom stereocenters. The maximum atomic E-state index is 12.8. The highest BCUT2D eigenvalue weighted by atomic mass is 32.2. The van der Waals surface area contributed by atoms with E-state index in [1.807, 2.05) is 0 Å². The lowest BCUT2D eigenvalue weighted by atomic mass is 10.0. The Labute approximate surface area is 201 Å². The van der Waals surface area contributed by atoms with Crippen molar-refractivity contribution in [2.24, 2.45) is 0 Å². The summed E-state index contributed by atoms with van der Waals surface area (Å²) in [5.74, 6) is -0.170. The highest BCUT2D eigenvalue weighted by Crippen LogP contribution is 2.18. The number of nitrogens with zero attached hydrogens (tertiary/aromatic N) is 4. The molecule has 0 spiro atoms. The number of rotatable bonds is 10. The first-order valence-electron chi connectivity index (χ1n) is 9.88. The number of ketones is 1. The average Bonchev–Trinajstić information content (AvgIpc) is 3.56. The zero-order valence-corrected chi connectivity index (χ0v) is 19.2. The monoisotopic (exact) mass is 494 g/mol. The van der Waals surface area contributed by atoms with Crippen molar-refractivity contribution < 1.29 is 14.4 Å². The molecule has 0 aliphatic heterocycles. The smallest absolute Gasteiger partial charge is 0.234 e. The van der Waals surface area contributed by atoms with Gasteiger partial charge in [-0.05, 0) is 48.5 Å². The van der Waals surface area contributed by atoms with Gasteiger partial charge in [-0.3, -0.25) is 14.4 Å². The standard InChI is InChI=1S/C21H18N8O3S2/c30-17(11-33-19-9-22-28-26-19)24-15-5-1-13(2-6-15)21(32)14-3-7-16(8-4-14)25-18(31)12-34-20-10-23-29-27-20/h1-10H,11-12H2,(H,24,30)(H,25,31)(H,22,26,28)(H,23,27,29). The largest absolute Gasteiger partial charge is 0.325 e. The van der Waals surface area contributed by atoms with Gasteiger partial charge in [0.2, 0.25) is 11.8 Å². The SMILES string of the molecule is O=C(CSc1cn[nH]n1)Nc1ccc(C(=O)c2ccc(NC(=O)CSc3cn[nH]n3)cc2)cc1. The molecule has 0 atom stereocenters. The van der Waals surface area contributed by atoms with Gasteiger partial charge in [0.1, 0.15) is 10.1 Å². The van der Waals surface area contributed by atoms with Crippen LogP contribution in [0.25, 0.3) is 0 Å². The highest BCUT2D eigenvalue weighted by molar-refractivity contribution is 8.00. The molecule has 0 radical (unpaired) electrons. The Hall–Kier alpha value is -3.97. The maximum absolute atomic E-state index is 12.8. The van der Waals surface area contributed by atoms with Crippen molar-refractivity contribution >= 4 is 52.5 Å². The lowest BCUT2D eigenvalue weighted by molar-refractivity contribution is -0.114. The molecule has 0 saturated carbocycles. The van der Waals surface area contributed by atoms with Crippen molar-refractivity contribution in [2.75, 3.05) is 22.1 Å². The van der Waals surface area contributed by atoms with Crippen LogP contribution in [0.15, 0.2) is 71.0 Å². The van der Waals surface area contributed by atoms with Gasteiger partial charge in [-0.2, -0.15) is 20.6 Å². The van der Waals surface area contributed by atoms with Crippen molar-refractivity contribution in [3.8, 4) is 0 Å². The van der Waals surface area contributed by atoms with Crippen molar-refractivity contribution in [3.63, 3.8) is 0 Å². The molecule has 34 heavy (non-hydrogen) atoms. The second-order valence-corrected chi connectivity index (χ2v) is 8.77. The van der Waals surface area contributed by atoms with Gasteiger partial charge in [0.25, 0.3) is 0 Å². The Morgan fingerprint density at radius 1 is 0.676 bits per heavy atom. The minimum absolute atomic E-state index is 0.168. The van der Waals surface area contributed by atoms with Crippen molar-refractivity contribution in [2.45, 2.75) is 10.1 Å². The van der Waals surface area contributed by atoms with E-state index in [2.05, 4.69) is 41.5 Å². The number of carbonyl (C=O) groups is 3. The minimum Gasteiger partial charge on any atom is -0.325 e. The summed E-state index contributed by atoms with van der Waals surface area (Å²) in [4.78, 5) is 36.9. The molecule has 0 aliphatic carbocycles. The molecule has 2 aromatic heterocycles. The second-order valence-electron chi connectivity index (χ2n) is 6.77. The van der Waals surface area contributed by atoms with Gasteiger partial charge in [0, 0.05) is 22.5 Å². The Morgan fingerprint density at radius 2 is 1.09 bits per heavy atom. The number of thioether (sulfide) groups is 2. The molecule has 0 saturated heterocycles. The van der Waals surface area contributed by atoms with Gasteiger partial charge in [-0.25, -0.2) is 0 Å². The number of benzene rings is 2. The first-order chi connectivity index (χ1) is 16.6. The van der Waals surface area contributed by atoms with Crippen LogP contribution >= 0.6 is 23.5 Å². The predicted molar refractivity (Wildman–Crippen MR) is 128 cm³/mol. The first-order valence-corrected chi connectivity index (χ1v) is 11.9. The summed E-state index contributed by atoms with van der Waals surface area (Å²) in [5.41, 5.74) is 2.14. The van der Waals surface area contributed by atoms with Crippen LogP contribution < -0.4 is 10.6 Å². The van der Waals surface area contributed by atoms with Gasteiger partial charge in [0.05, 0.1) is 23.9 Å². The number of H-pyrrole nitrogens is 2. The number of amides is 2. The first kappa shape index (κ1) is 23.2. The van der Waals surface area contributed by atoms with Crippen molar-refractivity contribution in [1.29, 1.82) is 0 Å². The fourth-order valence-corrected chi connectivity index (χ4v) is 3.94. The zero-order chi connectivity index (χ0) is 23.8. The third-order valence-corrected chi connectivity index (χ3v) is 6.15. The quantitative estimate of drug-likeness (QED) is 0.192. The van der Waals surface area contributed by atoms with E-state index in [1.54, 1.807) is 60.9 Å². The number of nitrogens with one attached hydrogen (secondary N) is 4. The molecule has 13 heteroatoms. The van der Waals surface area contributed by atoms with Crippen LogP contribution in [-0.2, 0) is 9.59 Å². The number of carbonyl (C=O) groups excluding carboxylic acids is 3. The summed E-state index contributed by atoms with van der Waals surface area (Å²) in [7, 11) is 0. The van der Waals surface area contributed by atoms with Gasteiger partial charge < -0.3 is 10.6 Å². The van der Waals surface area contributed by atoms with E-state index in [0.29, 0.717) is 32.6 Å². The third kappa shape index (κ3) is 6.52. The molecule has 4 aromatic rings. The topological polar surface area (TPSA) is 158 Å². The van der Waals surface area contributed by atoms with Crippen LogP contribution in [0.3, 0.4) is 0 Å². The summed E-state index contributed by atoms with van der Waals surface area (Å²) in [6.07, 6.45) is 3.08. The van der Waals surface area contributed by atoms with Crippen LogP contribution in [0.5, 0.6) is 0 Å². The lowest BCUT2D eigenvalue weighted by Gasteiger charge is -2.07. The molecular formula is C21H18N8O3S2. The van der Waals surface area contributed by atoms with Crippen LogP contribution in [0.2, 0.25) is 0 Å². The van der Waals surface area contributed by atoms with E-state index in [-0.39, 0.29) is 29.1 Å². The highest BCUT2D eigenvalue weighted by Gasteiger charge is 2.11. The number of aromatic nitrogens is 6. The van der Waals surface area contributed by atoms with Gasteiger partial charge in [-0.1, -0.05) is 23.5 Å². The zero-order valence-electron chi connectivity index (χ0n) is 17.5. The van der Waals surface area contributed by atoms with E-state index in [0.717, 1.165) is 0 Å². The summed E-state index contributed by atoms with van der Waals surface area (Å²) in [6.45, 7) is 0. The van der Waals surface area contributed by atoms with E-state index in [9.17, 15) is 14.4 Å². The van der Waals surface area contributed by atoms with E-state index in [1.165, 1.54) is 23.5 Å².